The van der Waals surface area contributed by atoms with Crippen molar-refractivity contribution < 1.29 is 0 Å². The molecule has 1 heteroatoms. The summed E-state index contributed by atoms with van der Waals surface area (Å²) in [6.07, 6.45) is 3.58. The zero-order chi connectivity index (χ0) is 11.8. The Morgan fingerprint density at radius 3 is 2.06 bits per heavy atom. The third-order valence-electron chi connectivity index (χ3n) is 3.86. The highest BCUT2D eigenvalue weighted by Crippen LogP contribution is 2.40. The first-order valence-corrected chi connectivity index (χ1v) is 6.35. The predicted molar refractivity (Wildman–Crippen MR) is 69.2 cm³/mol. The van der Waals surface area contributed by atoms with Gasteiger partial charge in [0.25, 0.3) is 0 Å². The summed E-state index contributed by atoms with van der Waals surface area (Å²) in [6.45, 7) is 6.77. The van der Waals surface area contributed by atoms with Crippen molar-refractivity contribution >= 4 is 0 Å². The van der Waals surface area contributed by atoms with Crippen molar-refractivity contribution in [2.45, 2.75) is 45.6 Å². The molecular weight excluding hydrogens is 194 g/mol. The molecule has 1 aliphatic rings. The van der Waals surface area contributed by atoms with Crippen molar-refractivity contribution in [3.05, 3.63) is 35.4 Å². The Bertz CT molecular complexity index is 342. The first kappa shape index (κ1) is 11.7. The maximum absolute atomic E-state index is 6.61. The van der Waals surface area contributed by atoms with Gasteiger partial charge in [-0.25, -0.2) is 0 Å². The minimum absolute atomic E-state index is 0.0925. The van der Waals surface area contributed by atoms with E-state index in [1.165, 1.54) is 17.5 Å². The summed E-state index contributed by atoms with van der Waals surface area (Å²) in [6, 6.07) is 8.77. The van der Waals surface area contributed by atoms with Crippen LogP contribution < -0.4 is 5.73 Å². The van der Waals surface area contributed by atoms with Crippen molar-refractivity contribution in [3.8, 4) is 0 Å². The zero-order valence-electron chi connectivity index (χ0n) is 10.7. The Morgan fingerprint density at radius 1 is 1.06 bits per heavy atom. The number of rotatable bonds is 1. The molecule has 1 aliphatic carbocycles. The van der Waals surface area contributed by atoms with Crippen LogP contribution in [0.3, 0.4) is 0 Å². The van der Waals surface area contributed by atoms with E-state index >= 15 is 0 Å². The Kier molecular flexibility index (Phi) is 3.07. The van der Waals surface area contributed by atoms with Gasteiger partial charge in [0.2, 0.25) is 0 Å². The van der Waals surface area contributed by atoms with Crippen molar-refractivity contribution in [3.63, 3.8) is 0 Å². The molecule has 0 aromatic heterocycles. The number of hydrogen-bond donors (Lipinski definition) is 1. The second kappa shape index (κ2) is 4.21. The van der Waals surface area contributed by atoms with Crippen LogP contribution in [0, 0.1) is 18.8 Å². The fourth-order valence-electron chi connectivity index (χ4n) is 3.30. The molecule has 2 atom stereocenters. The molecule has 0 heterocycles. The molecule has 88 valence electrons. The summed E-state index contributed by atoms with van der Waals surface area (Å²) in [5, 5.41) is 0. The normalized spacial score (nSPS) is 35.0. The van der Waals surface area contributed by atoms with E-state index in [0.717, 1.165) is 24.7 Å². The van der Waals surface area contributed by atoms with Gasteiger partial charge < -0.3 is 5.73 Å². The lowest BCUT2D eigenvalue weighted by Gasteiger charge is -2.40. The summed E-state index contributed by atoms with van der Waals surface area (Å²) < 4.78 is 0. The topological polar surface area (TPSA) is 26.0 Å². The van der Waals surface area contributed by atoms with E-state index in [2.05, 4.69) is 45.0 Å². The minimum Gasteiger partial charge on any atom is -0.321 e. The molecule has 2 rings (SSSR count). The molecule has 2 unspecified atom stereocenters. The van der Waals surface area contributed by atoms with Gasteiger partial charge in [-0.15, -0.1) is 0 Å². The fourth-order valence-corrected chi connectivity index (χ4v) is 3.30. The van der Waals surface area contributed by atoms with Gasteiger partial charge in [0.05, 0.1) is 0 Å². The smallest absolute Gasteiger partial charge is 0.0414 e. The number of hydrogen-bond acceptors (Lipinski definition) is 1. The first-order chi connectivity index (χ1) is 7.49. The second-order valence-corrected chi connectivity index (χ2v) is 5.88. The van der Waals surface area contributed by atoms with Gasteiger partial charge in [-0.1, -0.05) is 43.7 Å². The van der Waals surface area contributed by atoms with Crippen LogP contribution in [-0.2, 0) is 5.54 Å². The molecule has 0 saturated heterocycles. The third kappa shape index (κ3) is 2.30. The van der Waals surface area contributed by atoms with Gasteiger partial charge in [-0.3, -0.25) is 0 Å². The average molecular weight is 217 g/mol. The molecule has 0 spiro atoms. The molecule has 0 bridgehead atoms. The van der Waals surface area contributed by atoms with E-state index in [-0.39, 0.29) is 5.54 Å². The summed E-state index contributed by atoms with van der Waals surface area (Å²) in [5.41, 5.74) is 9.14. The lowest BCUT2D eigenvalue weighted by Crippen LogP contribution is -2.43. The summed E-state index contributed by atoms with van der Waals surface area (Å²) in [7, 11) is 0. The third-order valence-corrected chi connectivity index (χ3v) is 3.86. The molecule has 1 aromatic carbocycles. The largest absolute Gasteiger partial charge is 0.321 e. The molecule has 0 amide bonds. The molecule has 1 saturated carbocycles. The fraction of sp³-hybridized carbons (Fsp3) is 0.600. The maximum Gasteiger partial charge on any atom is 0.0414 e. The Balaban J connectivity index is 2.26. The molecule has 16 heavy (non-hydrogen) atoms. The maximum atomic E-state index is 6.61. The number of benzene rings is 1. The van der Waals surface area contributed by atoms with Crippen LogP contribution >= 0.6 is 0 Å². The second-order valence-electron chi connectivity index (χ2n) is 5.88. The zero-order valence-corrected chi connectivity index (χ0v) is 10.7. The van der Waals surface area contributed by atoms with Crippen LogP contribution in [0.1, 0.15) is 44.2 Å². The van der Waals surface area contributed by atoms with Crippen molar-refractivity contribution in [1.29, 1.82) is 0 Å². The lowest BCUT2D eigenvalue weighted by molar-refractivity contribution is 0.183. The monoisotopic (exact) mass is 217 g/mol. The quantitative estimate of drug-likeness (QED) is 0.764. The summed E-state index contributed by atoms with van der Waals surface area (Å²) in [4.78, 5) is 0. The van der Waals surface area contributed by atoms with Crippen LogP contribution in [0.5, 0.6) is 0 Å². The Morgan fingerprint density at radius 2 is 1.56 bits per heavy atom. The summed E-state index contributed by atoms with van der Waals surface area (Å²) >= 11 is 0. The van der Waals surface area contributed by atoms with E-state index in [1.807, 2.05) is 0 Å². The average Bonchev–Trinajstić information content (AvgIpc) is 2.16. The predicted octanol–water partition coefficient (Wildman–Crippen LogP) is 3.61. The van der Waals surface area contributed by atoms with Crippen LogP contribution in [0.25, 0.3) is 0 Å². The van der Waals surface area contributed by atoms with Gasteiger partial charge in [0.1, 0.15) is 0 Å². The number of nitrogens with two attached hydrogens (primary N) is 1. The molecule has 1 aromatic rings. The van der Waals surface area contributed by atoms with Gasteiger partial charge >= 0.3 is 0 Å². The van der Waals surface area contributed by atoms with Crippen LogP contribution in [0.15, 0.2) is 24.3 Å². The van der Waals surface area contributed by atoms with Crippen molar-refractivity contribution in [2.24, 2.45) is 17.6 Å². The van der Waals surface area contributed by atoms with Crippen molar-refractivity contribution in [1.82, 2.24) is 0 Å². The van der Waals surface area contributed by atoms with E-state index in [1.54, 1.807) is 0 Å². The SMILES string of the molecule is Cc1ccc(C2(N)CC(C)CC(C)C2)cc1. The van der Waals surface area contributed by atoms with Gasteiger partial charge in [0, 0.05) is 5.54 Å². The van der Waals surface area contributed by atoms with Gasteiger partial charge in [-0.05, 0) is 43.6 Å². The molecule has 0 radical (unpaired) electrons. The van der Waals surface area contributed by atoms with E-state index < -0.39 is 0 Å². The van der Waals surface area contributed by atoms with E-state index in [9.17, 15) is 0 Å². The minimum atomic E-state index is -0.0925. The molecule has 0 aliphatic heterocycles. The highest BCUT2D eigenvalue weighted by atomic mass is 14.8. The highest BCUT2D eigenvalue weighted by molar-refractivity contribution is 5.28. The summed E-state index contributed by atoms with van der Waals surface area (Å²) in [5.74, 6) is 1.49. The van der Waals surface area contributed by atoms with Gasteiger partial charge in [-0.2, -0.15) is 0 Å². The standard InChI is InChI=1S/C15H23N/c1-11-4-6-14(7-5-11)15(16)9-12(2)8-13(3)10-15/h4-7,12-13H,8-10,16H2,1-3H3. The van der Waals surface area contributed by atoms with Crippen LogP contribution in [0.2, 0.25) is 0 Å². The molecule has 1 fully saturated rings. The van der Waals surface area contributed by atoms with E-state index in [0.29, 0.717) is 0 Å². The number of aryl methyl sites for hydroxylation is 1. The molecule has 1 nitrogen and oxygen atoms in total. The Hall–Kier alpha value is -0.820. The van der Waals surface area contributed by atoms with Crippen molar-refractivity contribution in [2.75, 3.05) is 0 Å². The van der Waals surface area contributed by atoms with E-state index in [4.69, 9.17) is 5.73 Å². The molecule has 2 N–H and O–H groups in total. The van der Waals surface area contributed by atoms with Gasteiger partial charge in [0.15, 0.2) is 0 Å². The van der Waals surface area contributed by atoms with Crippen LogP contribution in [-0.4, -0.2) is 0 Å². The molecular formula is C15H23N. The highest BCUT2D eigenvalue weighted by Gasteiger charge is 2.35. The lowest BCUT2D eigenvalue weighted by atomic mass is 9.69. The first-order valence-electron chi connectivity index (χ1n) is 6.35. The Labute approximate surface area is 99.0 Å². The van der Waals surface area contributed by atoms with Crippen LogP contribution in [0.4, 0.5) is 0 Å².